The van der Waals surface area contributed by atoms with Gasteiger partial charge < -0.3 is 15.7 Å². The highest BCUT2D eigenvalue weighted by Crippen LogP contribution is 2.18. The second kappa shape index (κ2) is 4.51. The fourth-order valence-electron chi connectivity index (χ4n) is 1.75. The van der Waals surface area contributed by atoms with Crippen LogP contribution in [-0.2, 0) is 0 Å². The first kappa shape index (κ1) is 10.9. The number of halogens is 1. The lowest BCUT2D eigenvalue weighted by Crippen LogP contribution is -2.38. The van der Waals surface area contributed by atoms with E-state index in [4.69, 9.17) is 0 Å². The SMILES string of the molecule is OC1(CNc2cccc(Br)c2)CCNC1. The topological polar surface area (TPSA) is 44.3 Å². The molecule has 1 atom stereocenters. The molecule has 82 valence electrons. The lowest BCUT2D eigenvalue weighted by Gasteiger charge is -2.22. The van der Waals surface area contributed by atoms with Gasteiger partial charge in [0.25, 0.3) is 0 Å². The summed E-state index contributed by atoms with van der Waals surface area (Å²) in [5.41, 5.74) is 0.437. The van der Waals surface area contributed by atoms with Crippen LogP contribution >= 0.6 is 15.9 Å². The van der Waals surface area contributed by atoms with Gasteiger partial charge in [-0.15, -0.1) is 0 Å². The van der Waals surface area contributed by atoms with Gasteiger partial charge in [0, 0.05) is 23.2 Å². The van der Waals surface area contributed by atoms with Gasteiger partial charge in [-0.25, -0.2) is 0 Å². The average Bonchev–Trinajstić information content (AvgIpc) is 2.63. The predicted octanol–water partition coefficient (Wildman–Crippen LogP) is 1.59. The molecule has 1 aliphatic heterocycles. The minimum Gasteiger partial charge on any atom is -0.387 e. The molecule has 0 aromatic heterocycles. The molecule has 3 nitrogen and oxygen atoms in total. The highest BCUT2D eigenvalue weighted by Gasteiger charge is 2.30. The zero-order valence-corrected chi connectivity index (χ0v) is 10.0. The van der Waals surface area contributed by atoms with Crippen molar-refractivity contribution in [2.45, 2.75) is 12.0 Å². The fraction of sp³-hybridized carbons (Fsp3) is 0.455. The molecule has 0 aliphatic carbocycles. The van der Waals surface area contributed by atoms with Gasteiger partial charge in [-0.2, -0.15) is 0 Å². The summed E-state index contributed by atoms with van der Waals surface area (Å²) in [7, 11) is 0. The summed E-state index contributed by atoms with van der Waals surface area (Å²) in [6, 6.07) is 7.96. The Morgan fingerprint density at radius 1 is 1.53 bits per heavy atom. The van der Waals surface area contributed by atoms with E-state index in [2.05, 4.69) is 26.6 Å². The number of benzene rings is 1. The van der Waals surface area contributed by atoms with Crippen molar-refractivity contribution in [2.75, 3.05) is 25.0 Å². The van der Waals surface area contributed by atoms with Gasteiger partial charge in [-0.3, -0.25) is 0 Å². The summed E-state index contributed by atoms with van der Waals surface area (Å²) in [5.74, 6) is 0. The first-order valence-corrected chi connectivity index (χ1v) is 5.90. The Balaban J connectivity index is 1.92. The van der Waals surface area contributed by atoms with Crippen LogP contribution in [0, 0.1) is 0 Å². The molecule has 0 amide bonds. The molecule has 3 N–H and O–H groups in total. The van der Waals surface area contributed by atoms with Gasteiger partial charge in [-0.1, -0.05) is 22.0 Å². The quantitative estimate of drug-likeness (QED) is 0.782. The third kappa shape index (κ3) is 2.93. The normalized spacial score (nSPS) is 25.5. The minimum atomic E-state index is -0.595. The summed E-state index contributed by atoms with van der Waals surface area (Å²) in [6.45, 7) is 2.17. The molecule has 1 saturated heterocycles. The van der Waals surface area contributed by atoms with Gasteiger partial charge in [0.2, 0.25) is 0 Å². The van der Waals surface area contributed by atoms with Gasteiger partial charge in [0.05, 0.1) is 5.60 Å². The van der Waals surface area contributed by atoms with Crippen LogP contribution < -0.4 is 10.6 Å². The van der Waals surface area contributed by atoms with Gasteiger partial charge in [0.15, 0.2) is 0 Å². The summed E-state index contributed by atoms with van der Waals surface area (Å²) >= 11 is 3.41. The molecule has 0 radical (unpaired) electrons. The number of β-amino-alcohol motifs (C(OH)–C–C–N with tert-alkyl or cyclic N) is 1. The molecule has 0 spiro atoms. The molecule has 0 bridgehead atoms. The van der Waals surface area contributed by atoms with Crippen LogP contribution in [0.15, 0.2) is 28.7 Å². The summed E-state index contributed by atoms with van der Waals surface area (Å²) in [4.78, 5) is 0. The summed E-state index contributed by atoms with van der Waals surface area (Å²) < 4.78 is 1.05. The van der Waals surface area contributed by atoms with Gasteiger partial charge in [0.1, 0.15) is 0 Å². The Labute approximate surface area is 98.0 Å². The lowest BCUT2D eigenvalue weighted by molar-refractivity contribution is 0.0752. The molecule has 2 rings (SSSR count). The number of nitrogens with one attached hydrogen (secondary N) is 2. The third-order valence-corrected chi connectivity index (χ3v) is 3.16. The van der Waals surface area contributed by atoms with E-state index in [1.165, 1.54) is 0 Å². The Morgan fingerprint density at radius 3 is 3.07 bits per heavy atom. The van der Waals surface area contributed by atoms with E-state index in [0.29, 0.717) is 13.1 Å². The molecule has 1 aromatic carbocycles. The van der Waals surface area contributed by atoms with E-state index in [9.17, 15) is 5.11 Å². The van der Waals surface area contributed by atoms with Crippen molar-refractivity contribution in [3.05, 3.63) is 28.7 Å². The van der Waals surface area contributed by atoms with Crippen molar-refractivity contribution in [2.24, 2.45) is 0 Å². The maximum atomic E-state index is 10.1. The summed E-state index contributed by atoms with van der Waals surface area (Å²) in [6.07, 6.45) is 0.813. The summed E-state index contributed by atoms with van der Waals surface area (Å²) in [5, 5.41) is 16.5. The van der Waals surface area contributed by atoms with E-state index < -0.39 is 5.60 Å². The maximum absolute atomic E-state index is 10.1. The van der Waals surface area contributed by atoms with Crippen LogP contribution in [0.5, 0.6) is 0 Å². The monoisotopic (exact) mass is 270 g/mol. The van der Waals surface area contributed by atoms with Crippen molar-refractivity contribution in [1.82, 2.24) is 5.32 Å². The lowest BCUT2D eigenvalue weighted by atomic mass is 10.0. The second-order valence-electron chi connectivity index (χ2n) is 4.02. The van der Waals surface area contributed by atoms with Crippen molar-refractivity contribution < 1.29 is 5.11 Å². The third-order valence-electron chi connectivity index (χ3n) is 2.67. The first-order chi connectivity index (χ1) is 7.18. The van der Waals surface area contributed by atoms with Crippen LogP contribution in [0.25, 0.3) is 0 Å². The molecule has 1 aromatic rings. The van der Waals surface area contributed by atoms with Crippen LogP contribution in [-0.4, -0.2) is 30.3 Å². The number of hydrogen-bond donors (Lipinski definition) is 3. The Bertz CT molecular complexity index is 337. The van der Waals surface area contributed by atoms with Crippen molar-refractivity contribution >= 4 is 21.6 Å². The zero-order valence-electron chi connectivity index (χ0n) is 8.46. The second-order valence-corrected chi connectivity index (χ2v) is 4.93. The average molecular weight is 271 g/mol. The van der Waals surface area contributed by atoms with Crippen molar-refractivity contribution in [3.63, 3.8) is 0 Å². The van der Waals surface area contributed by atoms with Gasteiger partial charge >= 0.3 is 0 Å². The molecular weight excluding hydrogens is 256 g/mol. The minimum absolute atomic E-state index is 0.594. The molecule has 15 heavy (non-hydrogen) atoms. The molecule has 1 heterocycles. The molecule has 1 unspecified atom stereocenters. The Morgan fingerprint density at radius 2 is 2.40 bits per heavy atom. The Kier molecular flexibility index (Phi) is 3.29. The zero-order chi connectivity index (χ0) is 10.7. The van der Waals surface area contributed by atoms with E-state index >= 15 is 0 Å². The first-order valence-electron chi connectivity index (χ1n) is 5.11. The standard InChI is InChI=1S/C11H15BrN2O/c12-9-2-1-3-10(6-9)14-8-11(15)4-5-13-7-11/h1-3,6,13-15H,4-5,7-8H2. The van der Waals surface area contributed by atoms with Crippen LogP contribution in [0.1, 0.15) is 6.42 Å². The van der Waals surface area contributed by atoms with Crippen LogP contribution in [0.2, 0.25) is 0 Å². The van der Waals surface area contributed by atoms with Crippen LogP contribution in [0.3, 0.4) is 0 Å². The number of aliphatic hydroxyl groups is 1. The Hall–Kier alpha value is -0.580. The van der Waals surface area contributed by atoms with Crippen molar-refractivity contribution in [3.8, 4) is 0 Å². The molecular formula is C11H15BrN2O. The van der Waals surface area contributed by atoms with E-state index in [1.807, 2.05) is 24.3 Å². The molecule has 4 heteroatoms. The molecule has 0 saturated carbocycles. The fourth-order valence-corrected chi connectivity index (χ4v) is 2.15. The number of hydrogen-bond acceptors (Lipinski definition) is 3. The van der Waals surface area contributed by atoms with Crippen LogP contribution in [0.4, 0.5) is 5.69 Å². The highest BCUT2D eigenvalue weighted by atomic mass is 79.9. The smallest absolute Gasteiger partial charge is 0.0954 e. The van der Waals surface area contributed by atoms with Gasteiger partial charge in [-0.05, 0) is 31.2 Å². The van der Waals surface area contributed by atoms with E-state index in [1.54, 1.807) is 0 Å². The highest BCUT2D eigenvalue weighted by molar-refractivity contribution is 9.10. The maximum Gasteiger partial charge on any atom is 0.0954 e. The number of anilines is 1. The predicted molar refractivity (Wildman–Crippen MR) is 65.1 cm³/mol. The molecule has 1 aliphatic rings. The van der Waals surface area contributed by atoms with E-state index in [-0.39, 0.29) is 0 Å². The van der Waals surface area contributed by atoms with Crippen molar-refractivity contribution in [1.29, 1.82) is 0 Å². The number of rotatable bonds is 3. The molecule has 1 fully saturated rings. The van der Waals surface area contributed by atoms with E-state index in [0.717, 1.165) is 23.1 Å². The largest absolute Gasteiger partial charge is 0.387 e.